The molecule has 0 N–H and O–H groups in total. The fourth-order valence-electron chi connectivity index (χ4n) is 1.38. The molecule has 2 rings (SSSR count). The molecule has 0 spiro atoms. The zero-order valence-corrected chi connectivity index (χ0v) is 13.0. The van der Waals surface area contributed by atoms with E-state index < -0.39 is 18.2 Å². The molecular formula is C9H9Cl3N2Zr. The van der Waals surface area contributed by atoms with Gasteiger partial charge in [-0.3, -0.25) is 0 Å². The number of hydrogen-bond donors (Lipinski definition) is 0. The van der Waals surface area contributed by atoms with Gasteiger partial charge in [0.05, 0.1) is 11.9 Å². The van der Waals surface area contributed by atoms with Crippen LogP contribution in [0.1, 0.15) is 16.7 Å². The van der Waals surface area contributed by atoms with Crippen LogP contribution in [0.5, 0.6) is 0 Å². The fraction of sp³-hybridized carbons (Fsp3) is 0.222. The van der Waals surface area contributed by atoms with Crippen molar-refractivity contribution in [1.29, 1.82) is 0 Å². The summed E-state index contributed by atoms with van der Waals surface area (Å²) in [6.07, 6.45) is 1.80. The Morgan fingerprint density at radius 3 is 2.33 bits per heavy atom. The second kappa shape index (κ2) is 6.25. The van der Waals surface area contributed by atoms with E-state index in [0.29, 0.717) is 0 Å². The van der Waals surface area contributed by atoms with Gasteiger partial charge in [-0.05, 0) is 25.5 Å². The van der Waals surface area contributed by atoms with Crippen molar-refractivity contribution >= 4 is 37.4 Å². The van der Waals surface area contributed by atoms with Crippen molar-refractivity contribution in [2.24, 2.45) is 5.10 Å². The van der Waals surface area contributed by atoms with Crippen LogP contribution in [0.4, 0.5) is 5.69 Å². The van der Waals surface area contributed by atoms with Gasteiger partial charge < -0.3 is 0 Å². The first-order chi connectivity index (χ1) is 7.00. The van der Waals surface area contributed by atoms with Crippen LogP contribution in [-0.2, 0) is 18.2 Å². The Bertz CT molecular complexity index is 377. The van der Waals surface area contributed by atoms with Gasteiger partial charge in [-0.15, -0.1) is 0 Å². The molecule has 80 valence electrons. The van der Waals surface area contributed by atoms with Gasteiger partial charge in [0, 0.05) is 5.56 Å². The van der Waals surface area contributed by atoms with Gasteiger partial charge in [0.2, 0.25) is 0 Å². The summed E-state index contributed by atoms with van der Waals surface area (Å²) in [6.45, 7) is 4.14. The second-order valence-corrected chi connectivity index (χ2v) is 14.3. The summed E-state index contributed by atoms with van der Waals surface area (Å²) in [6, 6.07) is 4.22. The molecule has 0 unspecified atom stereocenters. The van der Waals surface area contributed by atoms with Gasteiger partial charge in [0.25, 0.3) is 0 Å². The number of rotatable bonds is 0. The molecule has 1 radical (unpaired) electrons. The van der Waals surface area contributed by atoms with Crippen molar-refractivity contribution in [1.82, 2.24) is 5.43 Å². The van der Waals surface area contributed by atoms with E-state index in [1.807, 2.05) is 0 Å². The standard InChI is InChI=1S/C9H9N2.3ClH.Zr/c1-6-3-7(2)9-8(4-6)5-10-11-9;;;;/h3-5H,1-2H3;3*1H;/q;;;;+3/p-3. The third kappa shape index (κ3) is 4.44. The van der Waals surface area contributed by atoms with E-state index in [2.05, 4.69) is 36.5 Å². The molecule has 0 amide bonds. The van der Waals surface area contributed by atoms with E-state index >= 15 is 0 Å². The number of halogens is 3. The molecule has 6 heteroatoms. The van der Waals surface area contributed by atoms with E-state index in [-0.39, 0.29) is 0 Å². The first kappa shape index (κ1) is 13.5. The van der Waals surface area contributed by atoms with E-state index in [1.54, 1.807) is 6.21 Å². The summed E-state index contributed by atoms with van der Waals surface area (Å²) in [5.41, 5.74) is 8.65. The fourth-order valence-corrected chi connectivity index (χ4v) is 1.38. The molecule has 15 heavy (non-hydrogen) atoms. The number of nitrogens with zero attached hydrogens (tertiary/aromatic N) is 2. The molecule has 0 bridgehead atoms. The predicted molar refractivity (Wildman–Crippen MR) is 62.9 cm³/mol. The van der Waals surface area contributed by atoms with Crippen LogP contribution in [0.3, 0.4) is 0 Å². The van der Waals surface area contributed by atoms with Crippen molar-refractivity contribution in [3.8, 4) is 0 Å². The molecule has 1 aromatic rings. The van der Waals surface area contributed by atoms with E-state index in [0.717, 1.165) is 11.3 Å². The SMILES string of the molecule is Cc1cc(C)c2c(c1)C=N[N]2.[Cl][Zr]([Cl])[Cl]. The van der Waals surface area contributed by atoms with Gasteiger partial charge in [-0.2, -0.15) is 10.5 Å². The average molecular weight is 343 g/mol. The van der Waals surface area contributed by atoms with Crippen LogP contribution in [0.25, 0.3) is 0 Å². The molecule has 0 saturated carbocycles. The number of aryl methyl sites for hydroxylation is 2. The van der Waals surface area contributed by atoms with E-state index in [4.69, 9.17) is 25.5 Å². The maximum atomic E-state index is 5.00. The molecule has 1 aliphatic heterocycles. The van der Waals surface area contributed by atoms with Crippen LogP contribution in [-0.4, -0.2) is 6.21 Å². The van der Waals surface area contributed by atoms with E-state index in [1.165, 1.54) is 11.1 Å². The predicted octanol–water partition coefficient (Wildman–Crippen LogP) is 3.95. The summed E-state index contributed by atoms with van der Waals surface area (Å²) in [7, 11) is 15.0. The quantitative estimate of drug-likeness (QED) is 0.682. The summed E-state index contributed by atoms with van der Waals surface area (Å²) in [5, 5.41) is 3.85. The normalized spacial score (nSPS) is 11.3. The molecule has 2 nitrogen and oxygen atoms in total. The summed E-state index contributed by atoms with van der Waals surface area (Å²) in [5.74, 6) is 0. The molecule has 1 aromatic carbocycles. The van der Waals surface area contributed by atoms with Crippen LogP contribution in [0, 0.1) is 13.8 Å². The van der Waals surface area contributed by atoms with Gasteiger partial charge in [-0.1, -0.05) is 11.6 Å². The topological polar surface area (TPSA) is 26.5 Å². The minimum absolute atomic E-state index is 1.02. The Hall–Kier alpha value is 0.443. The Balaban J connectivity index is 0.000000245. The number of benzene rings is 1. The molecular weight excluding hydrogens is 334 g/mol. The van der Waals surface area contributed by atoms with Gasteiger partial charge in [0.1, 0.15) is 0 Å². The number of hydrogen-bond acceptors (Lipinski definition) is 1. The maximum absolute atomic E-state index is 5.00. The Morgan fingerprint density at radius 2 is 1.73 bits per heavy atom. The molecule has 0 fully saturated rings. The van der Waals surface area contributed by atoms with Crippen LogP contribution >= 0.6 is 25.5 Å². The van der Waals surface area contributed by atoms with Crippen molar-refractivity contribution in [3.63, 3.8) is 0 Å². The second-order valence-electron chi connectivity index (χ2n) is 3.08. The van der Waals surface area contributed by atoms with Crippen molar-refractivity contribution in [3.05, 3.63) is 28.8 Å². The Morgan fingerprint density at radius 1 is 1.13 bits per heavy atom. The summed E-state index contributed by atoms with van der Waals surface area (Å²) >= 11 is -2.13. The first-order valence-corrected chi connectivity index (χ1v) is 13.7. The zero-order valence-electron chi connectivity index (χ0n) is 8.26. The first-order valence-electron chi connectivity index (χ1n) is 4.19. The molecule has 1 aliphatic rings. The molecule has 1 heterocycles. The molecule has 0 saturated heterocycles. The Kier molecular flexibility index (Phi) is 5.62. The monoisotopic (exact) mass is 340 g/mol. The van der Waals surface area contributed by atoms with Crippen molar-refractivity contribution < 1.29 is 18.2 Å². The molecule has 0 aromatic heterocycles. The van der Waals surface area contributed by atoms with Crippen LogP contribution in [0.2, 0.25) is 0 Å². The molecule has 0 atom stereocenters. The average Bonchev–Trinajstić information content (AvgIpc) is 2.50. The summed E-state index contributed by atoms with van der Waals surface area (Å²) in [4.78, 5) is 0. The summed E-state index contributed by atoms with van der Waals surface area (Å²) < 4.78 is 0. The van der Waals surface area contributed by atoms with E-state index in [9.17, 15) is 0 Å². The Labute approximate surface area is 108 Å². The third-order valence-electron chi connectivity index (χ3n) is 1.83. The van der Waals surface area contributed by atoms with Crippen molar-refractivity contribution in [2.75, 3.05) is 0 Å². The van der Waals surface area contributed by atoms with Gasteiger partial charge >= 0.3 is 43.7 Å². The minimum atomic E-state index is -2.13. The number of fused-ring (bicyclic) bond motifs is 1. The van der Waals surface area contributed by atoms with Crippen LogP contribution in [0.15, 0.2) is 17.2 Å². The zero-order chi connectivity index (χ0) is 11.4. The van der Waals surface area contributed by atoms with Gasteiger partial charge in [-0.25, -0.2) is 0 Å². The van der Waals surface area contributed by atoms with Gasteiger partial charge in [0.15, 0.2) is 0 Å². The molecule has 0 aliphatic carbocycles. The van der Waals surface area contributed by atoms with Crippen molar-refractivity contribution in [2.45, 2.75) is 13.8 Å². The van der Waals surface area contributed by atoms with Crippen LogP contribution < -0.4 is 5.43 Å². The third-order valence-corrected chi connectivity index (χ3v) is 1.83.